The van der Waals surface area contributed by atoms with Crippen molar-refractivity contribution in [3.05, 3.63) is 70.3 Å². The number of nitro benzene ring substituents is 1. The van der Waals surface area contributed by atoms with Crippen molar-refractivity contribution in [1.82, 2.24) is 0 Å². The Labute approximate surface area is 117 Å². The van der Waals surface area contributed by atoms with Crippen LogP contribution in [0.5, 0.6) is 0 Å². The third-order valence-corrected chi connectivity index (χ3v) is 3.01. The first kappa shape index (κ1) is 14.0. The van der Waals surface area contributed by atoms with E-state index in [1.54, 1.807) is 18.2 Å². The maximum absolute atomic E-state index is 11.1. The highest BCUT2D eigenvalue weighted by molar-refractivity contribution is 5.63. The van der Waals surface area contributed by atoms with Gasteiger partial charge in [0.1, 0.15) is 5.69 Å². The summed E-state index contributed by atoms with van der Waals surface area (Å²) in [6.45, 7) is 0.810. The van der Waals surface area contributed by atoms with Crippen molar-refractivity contribution in [2.45, 2.75) is 6.54 Å². The Balaban J connectivity index is 2.31. The molecule has 0 aromatic heterocycles. The van der Waals surface area contributed by atoms with Gasteiger partial charge in [-0.15, -0.1) is 0 Å². The SMILES string of the molecule is O=[N+]([O-])c1ccccc1N(CCO)Cc1ccccc1. The molecule has 104 valence electrons. The average molecular weight is 272 g/mol. The molecule has 0 fully saturated rings. The van der Waals surface area contributed by atoms with E-state index in [-0.39, 0.29) is 12.3 Å². The van der Waals surface area contributed by atoms with Crippen LogP contribution in [0.4, 0.5) is 11.4 Å². The molecule has 0 unspecified atom stereocenters. The van der Waals surface area contributed by atoms with E-state index in [1.165, 1.54) is 6.07 Å². The Bertz CT molecular complexity index is 572. The number of benzene rings is 2. The van der Waals surface area contributed by atoms with Gasteiger partial charge in [-0.05, 0) is 11.6 Å². The fourth-order valence-corrected chi connectivity index (χ4v) is 2.10. The van der Waals surface area contributed by atoms with E-state index in [9.17, 15) is 15.2 Å². The first-order valence-electron chi connectivity index (χ1n) is 6.35. The summed E-state index contributed by atoms with van der Waals surface area (Å²) in [7, 11) is 0. The quantitative estimate of drug-likeness (QED) is 0.648. The van der Waals surface area contributed by atoms with Crippen LogP contribution in [0, 0.1) is 10.1 Å². The lowest BCUT2D eigenvalue weighted by Gasteiger charge is -2.23. The number of anilines is 1. The zero-order chi connectivity index (χ0) is 14.4. The molecule has 2 rings (SSSR count). The van der Waals surface area contributed by atoms with E-state index in [1.807, 2.05) is 35.2 Å². The van der Waals surface area contributed by atoms with Crippen molar-refractivity contribution in [2.24, 2.45) is 0 Å². The molecule has 0 amide bonds. The zero-order valence-corrected chi connectivity index (χ0v) is 11.0. The van der Waals surface area contributed by atoms with Gasteiger partial charge in [0, 0.05) is 19.2 Å². The van der Waals surface area contributed by atoms with E-state index in [0.717, 1.165) is 5.56 Å². The second-order valence-corrected chi connectivity index (χ2v) is 4.38. The lowest BCUT2D eigenvalue weighted by molar-refractivity contribution is -0.384. The van der Waals surface area contributed by atoms with E-state index in [4.69, 9.17) is 0 Å². The number of rotatable bonds is 6. The normalized spacial score (nSPS) is 10.2. The fourth-order valence-electron chi connectivity index (χ4n) is 2.10. The van der Waals surface area contributed by atoms with Gasteiger partial charge in [0.2, 0.25) is 0 Å². The van der Waals surface area contributed by atoms with Crippen molar-refractivity contribution in [3.63, 3.8) is 0 Å². The Hall–Kier alpha value is -2.40. The molecule has 0 aliphatic carbocycles. The number of nitro groups is 1. The Morgan fingerprint density at radius 1 is 1.05 bits per heavy atom. The van der Waals surface area contributed by atoms with Crippen LogP contribution in [0.1, 0.15) is 5.56 Å². The number of para-hydroxylation sites is 2. The van der Waals surface area contributed by atoms with Gasteiger partial charge in [-0.1, -0.05) is 42.5 Å². The summed E-state index contributed by atoms with van der Waals surface area (Å²) in [5, 5.41) is 20.3. The van der Waals surface area contributed by atoms with E-state index in [0.29, 0.717) is 18.8 Å². The molecule has 0 radical (unpaired) electrons. The number of aliphatic hydroxyl groups excluding tert-OH is 1. The Kier molecular flexibility index (Phi) is 4.68. The first-order chi connectivity index (χ1) is 9.72. The van der Waals surface area contributed by atoms with Crippen LogP contribution in [-0.4, -0.2) is 23.2 Å². The molecule has 0 saturated carbocycles. The van der Waals surface area contributed by atoms with Gasteiger partial charge in [-0.2, -0.15) is 0 Å². The summed E-state index contributed by atoms with van der Waals surface area (Å²) in [5.41, 5.74) is 1.62. The zero-order valence-electron chi connectivity index (χ0n) is 11.0. The topological polar surface area (TPSA) is 66.6 Å². The molecule has 1 N–H and O–H groups in total. The second-order valence-electron chi connectivity index (χ2n) is 4.38. The summed E-state index contributed by atoms with van der Waals surface area (Å²) in [6.07, 6.45) is 0. The molecule has 0 atom stereocenters. The fraction of sp³-hybridized carbons (Fsp3) is 0.200. The predicted molar refractivity (Wildman–Crippen MR) is 77.7 cm³/mol. The molecule has 0 aliphatic heterocycles. The van der Waals surface area contributed by atoms with Gasteiger partial charge in [0.05, 0.1) is 11.5 Å². The van der Waals surface area contributed by atoms with Gasteiger partial charge < -0.3 is 10.0 Å². The number of hydrogen-bond acceptors (Lipinski definition) is 4. The molecule has 5 nitrogen and oxygen atoms in total. The van der Waals surface area contributed by atoms with Crippen LogP contribution < -0.4 is 4.90 Å². The minimum absolute atomic E-state index is 0.0527. The standard InChI is InChI=1S/C15H16N2O3/c18-11-10-16(12-13-6-2-1-3-7-13)14-8-4-5-9-15(14)17(19)20/h1-9,18H,10-12H2. The molecular formula is C15H16N2O3. The summed E-state index contributed by atoms with van der Waals surface area (Å²) in [4.78, 5) is 12.5. The highest BCUT2D eigenvalue weighted by Crippen LogP contribution is 2.28. The van der Waals surface area contributed by atoms with E-state index >= 15 is 0 Å². The van der Waals surface area contributed by atoms with Crippen LogP contribution in [-0.2, 0) is 6.54 Å². The molecule has 0 aliphatic rings. The van der Waals surface area contributed by atoms with Crippen LogP contribution in [0.2, 0.25) is 0 Å². The van der Waals surface area contributed by atoms with Gasteiger partial charge in [0.25, 0.3) is 5.69 Å². The van der Waals surface area contributed by atoms with Crippen molar-refractivity contribution in [3.8, 4) is 0 Å². The van der Waals surface area contributed by atoms with Crippen LogP contribution in [0.3, 0.4) is 0 Å². The smallest absolute Gasteiger partial charge is 0.292 e. The van der Waals surface area contributed by atoms with Gasteiger partial charge in [0.15, 0.2) is 0 Å². The lowest BCUT2D eigenvalue weighted by Crippen LogP contribution is -2.26. The number of hydrogen-bond donors (Lipinski definition) is 1. The number of aliphatic hydroxyl groups is 1. The van der Waals surface area contributed by atoms with Gasteiger partial charge in [-0.3, -0.25) is 10.1 Å². The predicted octanol–water partition coefficient (Wildman–Crippen LogP) is 2.59. The van der Waals surface area contributed by atoms with Crippen molar-refractivity contribution in [2.75, 3.05) is 18.1 Å². The monoisotopic (exact) mass is 272 g/mol. The second kappa shape index (κ2) is 6.68. The van der Waals surface area contributed by atoms with E-state index in [2.05, 4.69) is 0 Å². The minimum Gasteiger partial charge on any atom is -0.395 e. The molecule has 20 heavy (non-hydrogen) atoms. The summed E-state index contributed by atoms with van der Waals surface area (Å²) < 4.78 is 0. The summed E-state index contributed by atoms with van der Waals surface area (Å²) >= 11 is 0. The van der Waals surface area contributed by atoms with Crippen LogP contribution >= 0.6 is 0 Å². The number of nitrogens with zero attached hydrogens (tertiary/aromatic N) is 2. The van der Waals surface area contributed by atoms with E-state index < -0.39 is 4.92 Å². The van der Waals surface area contributed by atoms with Crippen molar-refractivity contribution < 1.29 is 10.0 Å². The lowest BCUT2D eigenvalue weighted by atomic mass is 10.2. The van der Waals surface area contributed by atoms with Crippen LogP contribution in [0.25, 0.3) is 0 Å². The minimum atomic E-state index is -0.398. The molecular weight excluding hydrogens is 256 g/mol. The molecule has 0 bridgehead atoms. The largest absolute Gasteiger partial charge is 0.395 e. The van der Waals surface area contributed by atoms with Gasteiger partial charge in [-0.25, -0.2) is 0 Å². The van der Waals surface area contributed by atoms with Gasteiger partial charge >= 0.3 is 0 Å². The first-order valence-corrected chi connectivity index (χ1v) is 6.35. The van der Waals surface area contributed by atoms with Crippen molar-refractivity contribution >= 4 is 11.4 Å². The van der Waals surface area contributed by atoms with Crippen LogP contribution in [0.15, 0.2) is 54.6 Å². The molecule has 0 saturated heterocycles. The average Bonchev–Trinajstić information content (AvgIpc) is 2.48. The molecule has 5 heteroatoms. The molecule has 2 aromatic carbocycles. The Morgan fingerprint density at radius 2 is 1.70 bits per heavy atom. The van der Waals surface area contributed by atoms with Crippen molar-refractivity contribution in [1.29, 1.82) is 0 Å². The highest BCUT2D eigenvalue weighted by Gasteiger charge is 2.18. The Morgan fingerprint density at radius 3 is 2.35 bits per heavy atom. The molecule has 0 heterocycles. The third kappa shape index (κ3) is 3.33. The maximum Gasteiger partial charge on any atom is 0.292 e. The summed E-state index contributed by atoms with van der Waals surface area (Å²) in [5.74, 6) is 0. The molecule has 0 spiro atoms. The third-order valence-electron chi connectivity index (χ3n) is 3.01. The highest BCUT2D eigenvalue weighted by atomic mass is 16.6. The summed E-state index contributed by atoms with van der Waals surface area (Å²) in [6, 6.07) is 16.3. The molecule has 2 aromatic rings. The maximum atomic E-state index is 11.1.